The molecule has 2 aromatic carbocycles. The van der Waals surface area contributed by atoms with E-state index in [4.69, 9.17) is 0 Å². The van der Waals surface area contributed by atoms with Crippen molar-refractivity contribution in [1.82, 2.24) is 0 Å². The van der Waals surface area contributed by atoms with Crippen molar-refractivity contribution in [3.63, 3.8) is 0 Å². The number of amides is 1. The molecule has 3 nitrogen and oxygen atoms in total. The topological polar surface area (TPSA) is 32.7 Å². The summed E-state index contributed by atoms with van der Waals surface area (Å²) in [7, 11) is 0. The van der Waals surface area contributed by atoms with E-state index < -0.39 is 0 Å². The molecule has 22 heavy (non-hydrogen) atoms. The van der Waals surface area contributed by atoms with E-state index in [1.54, 1.807) is 0 Å². The number of nitrogens with zero attached hydrogens (tertiary/aromatic N) is 2. The number of hydrogen-bond acceptors (Lipinski definition) is 2. The molecule has 0 unspecified atom stereocenters. The minimum Gasteiger partial charge on any atom is -0.304 e. The fourth-order valence-electron chi connectivity index (χ4n) is 2.99. The molecule has 2 aromatic rings. The number of benzene rings is 2. The third-order valence-electron chi connectivity index (χ3n) is 3.80. The van der Waals surface area contributed by atoms with E-state index in [0.29, 0.717) is 5.71 Å². The summed E-state index contributed by atoms with van der Waals surface area (Å²) < 4.78 is 0. The zero-order valence-electron chi connectivity index (χ0n) is 13.4. The molecular formula is C19H20N2O. The Morgan fingerprint density at radius 3 is 2.27 bits per heavy atom. The van der Waals surface area contributed by atoms with E-state index in [1.165, 1.54) is 0 Å². The van der Waals surface area contributed by atoms with Crippen molar-refractivity contribution in [2.45, 2.75) is 33.7 Å². The highest BCUT2D eigenvalue weighted by molar-refractivity contribution is 6.54. The van der Waals surface area contributed by atoms with Crippen LogP contribution in [0, 0.1) is 13.8 Å². The van der Waals surface area contributed by atoms with Crippen molar-refractivity contribution >= 4 is 23.0 Å². The number of aliphatic imine (C=N–C) groups is 1. The Hall–Kier alpha value is -2.42. The maximum atomic E-state index is 12.8. The van der Waals surface area contributed by atoms with Crippen LogP contribution in [0.5, 0.6) is 0 Å². The summed E-state index contributed by atoms with van der Waals surface area (Å²) >= 11 is 0. The third kappa shape index (κ3) is 2.43. The summed E-state index contributed by atoms with van der Waals surface area (Å²) in [5, 5.41) is 0. The summed E-state index contributed by atoms with van der Waals surface area (Å²) in [6.07, 6.45) is 0. The SMILES string of the molecule is Cc1cc(C)cc(N=C2C(=O)N(C(C)C)c3ccccc32)c1. The van der Waals surface area contributed by atoms with Gasteiger partial charge in [0.1, 0.15) is 5.71 Å². The lowest BCUT2D eigenvalue weighted by molar-refractivity contribution is -0.112. The number of rotatable bonds is 2. The van der Waals surface area contributed by atoms with Crippen LogP contribution < -0.4 is 4.90 Å². The predicted octanol–water partition coefficient (Wildman–Crippen LogP) is 4.18. The molecule has 1 aliphatic heterocycles. The molecule has 0 bridgehead atoms. The van der Waals surface area contributed by atoms with Crippen molar-refractivity contribution < 1.29 is 4.79 Å². The zero-order chi connectivity index (χ0) is 15.9. The van der Waals surface area contributed by atoms with Crippen molar-refractivity contribution in [2.24, 2.45) is 4.99 Å². The highest BCUT2D eigenvalue weighted by Crippen LogP contribution is 2.32. The minimum atomic E-state index is -0.0182. The second-order valence-electron chi connectivity index (χ2n) is 6.09. The lowest BCUT2D eigenvalue weighted by Crippen LogP contribution is -2.35. The Bertz CT molecular complexity index is 755. The highest BCUT2D eigenvalue weighted by atomic mass is 16.2. The monoisotopic (exact) mass is 292 g/mol. The average molecular weight is 292 g/mol. The maximum Gasteiger partial charge on any atom is 0.277 e. The molecule has 1 amide bonds. The minimum absolute atomic E-state index is 0.0182. The zero-order valence-corrected chi connectivity index (χ0v) is 13.4. The second-order valence-corrected chi connectivity index (χ2v) is 6.09. The van der Waals surface area contributed by atoms with Crippen LogP contribution in [0.3, 0.4) is 0 Å². The van der Waals surface area contributed by atoms with E-state index in [1.807, 2.05) is 69.0 Å². The Labute approximate surface area is 131 Å². The number of carbonyl (C=O) groups excluding carboxylic acids is 1. The molecule has 0 spiro atoms. The van der Waals surface area contributed by atoms with Gasteiger partial charge in [0.15, 0.2) is 0 Å². The van der Waals surface area contributed by atoms with Crippen molar-refractivity contribution in [2.75, 3.05) is 4.90 Å². The van der Waals surface area contributed by atoms with Crippen LogP contribution in [-0.4, -0.2) is 17.7 Å². The Morgan fingerprint density at radius 2 is 1.64 bits per heavy atom. The molecule has 1 heterocycles. The molecule has 1 aliphatic rings. The van der Waals surface area contributed by atoms with Gasteiger partial charge in [0.2, 0.25) is 0 Å². The van der Waals surface area contributed by atoms with Crippen LogP contribution >= 0.6 is 0 Å². The van der Waals surface area contributed by atoms with Crippen LogP contribution in [0.15, 0.2) is 47.5 Å². The molecule has 0 saturated carbocycles. The van der Waals surface area contributed by atoms with Crippen molar-refractivity contribution in [1.29, 1.82) is 0 Å². The summed E-state index contributed by atoms with van der Waals surface area (Å²) in [5.41, 5.74) is 5.54. The number of hydrogen-bond donors (Lipinski definition) is 0. The molecule has 3 heteroatoms. The van der Waals surface area contributed by atoms with Crippen LogP contribution in [0.4, 0.5) is 11.4 Å². The summed E-state index contributed by atoms with van der Waals surface area (Å²) in [6.45, 7) is 8.13. The number of anilines is 1. The molecule has 0 radical (unpaired) electrons. The van der Waals surface area contributed by atoms with E-state index in [-0.39, 0.29) is 11.9 Å². The first-order valence-corrected chi connectivity index (χ1v) is 7.57. The largest absolute Gasteiger partial charge is 0.304 e. The third-order valence-corrected chi connectivity index (χ3v) is 3.80. The summed E-state index contributed by atoms with van der Waals surface area (Å²) in [4.78, 5) is 19.2. The lowest BCUT2D eigenvalue weighted by atomic mass is 10.1. The molecule has 0 fully saturated rings. The molecule has 0 aliphatic carbocycles. The average Bonchev–Trinajstić information content (AvgIpc) is 2.71. The van der Waals surface area contributed by atoms with Gasteiger partial charge in [0.25, 0.3) is 5.91 Å². The molecule has 0 saturated heterocycles. The van der Waals surface area contributed by atoms with Gasteiger partial charge in [0, 0.05) is 11.6 Å². The van der Waals surface area contributed by atoms with Gasteiger partial charge in [-0.2, -0.15) is 0 Å². The molecule has 0 aromatic heterocycles. The smallest absolute Gasteiger partial charge is 0.277 e. The summed E-state index contributed by atoms with van der Waals surface area (Å²) in [6, 6.07) is 14.1. The van der Waals surface area contributed by atoms with Crippen molar-refractivity contribution in [3.05, 3.63) is 59.2 Å². The molecular weight excluding hydrogens is 272 g/mol. The van der Waals surface area contributed by atoms with Crippen LogP contribution in [-0.2, 0) is 4.79 Å². The van der Waals surface area contributed by atoms with E-state index in [2.05, 4.69) is 11.1 Å². The van der Waals surface area contributed by atoms with E-state index in [0.717, 1.165) is 28.1 Å². The van der Waals surface area contributed by atoms with Crippen LogP contribution in [0.2, 0.25) is 0 Å². The Kier molecular flexibility index (Phi) is 3.57. The second kappa shape index (κ2) is 5.41. The molecule has 3 rings (SSSR count). The van der Waals surface area contributed by atoms with Gasteiger partial charge >= 0.3 is 0 Å². The quantitative estimate of drug-likeness (QED) is 0.817. The fourth-order valence-corrected chi connectivity index (χ4v) is 2.99. The molecule has 0 atom stereocenters. The van der Waals surface area contributed by atoms with Gasteiger partial charge in [0.05, 0.1) is 11.4 Å². The van der Waals surface area contributed by atoms with Gasteiger partial charge in [-0.1, -0.05) is 24.3 Å². The van der Waals surface area contributed by atoms with Gasteiger partial charge in [-0.05, 0) is 57.0 Å². The lowest BCUT2D eigenvalue weighted by Gasteiger charge is -2.20. The first-order chi connectivity index (χ1) is 10.5. The number of fused-ring (bicyclic) bond motifs is 1. The van der Waals surface area contributed by atoms with Crippen LogP contribution in [0.25, 0.3) is 0 Å². The Morgan fingerprint density at radius 1 is 1.00 bits per heavy atom. The molecule has 0 N–H and O–H groups in total. The van der Waals surface area contributed by atoms with E-state index in [9.17, 15) is 4.79 Å². The first kappa shape index (κ1) is 14.5. The first-order valence-electron chi connectivity index (χ1n) is 7.57. The standard InChI is InChI=1S/C19H20N2O/c1-12(2)21-17-8-6-5-7-16(17)18(19(21)22)20-15-10-13(3)9-14(4)11-15/h5-12H,1-4H3. The number of aryl methyl sites for hydroxylation is 2. The van der Waals surface area contributed by atoms with Gasteiger partial charge in [-0.15, -0.1) is 0 Å². The Balaban J connectivity index is 2.15. The number of para-hydroxylation sites is 1. The maximum absolute atomic E-state index is 12.8. The van der Waals surface area contributed by atoms with Crippen molar-refractivity contribution in [3.8, 4) is 0 Å². The predicted molar refractivity (Wildman–Crippen MR) is 91.2 cm³/mol. The van der Waals surface area contributed by atoms with Gasteiger partial charge in [-0.25, -0.2) is 4.99 Å². The highest BCUT2D eigenvalue weighted by Gasteiger charge is 2.35. The normalized spacial score (nSPS) is 15.8. The van der Waals surface area contributed by atoms with E-state index >= 15 is 0 Å². The fraction of sp³-hybridized carbons (Fsp3) is 0.263. The number of carbonyl (C=O) groups is 1. The summed E-state index contributed by atoms with van der Waals surface area (Å²) in [5.74, 6) is -0.0182. The van der Waals surface area contributed by atoms with Gasteiger partial charge in [-0.3, -0.25) is 4.79 Å². The van der Waals surface area contributed by atoms with Gasteiger partial charge < -0.3 is 4.90 Å². The molecule has 112 valence electrons. The van der Waals surface area contributed by atoms with Crippen LogP contribution in [0.1, 0.15) is 30.5 Å².